The standard InChI is InChI=1S/C18H22N2O6/c1-11-9-19(10-15(25-11)18(23)24)16(21)7-8-20-13-5-3-4-6-14(13)26-12(2)17(20)22/h3-6,11-12,15H,7-10H2,1-2H3,(H,23,24)/t11-,12?,15?/m1/s1. The van der Waals surface area contributed by atoms with Crippen molar-refractivity contribution in [1.82, 2.24) is 4.90 Å². The number of amides is 2. The first-order valence-electron chi connectivity index (χ1n) is 8.60. The van der Waals surface area contributed by atoms with Gasteiger partial charge in [0.2, 0.25) is 5.91 Å². The molecular formula is C18H22N2O6. The van der Waals surface area contributed by atoms with E-state index in [1.165, 1.54) is 4.90 Å². The number of carbonyl (C=O) groups is 3. The lowest BCUT2D eigenvalue weighted by Gasteiger charge is -2.36. The second kappa shape index (κ2) is 7.33. The van der Waals surface area contributed by atoms with Crippen LogP contribution in [0.2, 0.25) is 0 Å². The summed E-state index contributed by atoms with van der Waals surface area (Å²) < 4.78 is 10.9. The van der Waals surface area contributed by atoms with Gasteiger partial charge in [0.1, 0.15) is 5.75 Å². The molecule has 0 aromatic heterocycles. The van der Waals surface area contributed by atoms with E-state index in [-0.39, 0.29) is 37.4 Å². The van der Waals surface area contributed by atoms with Crippen molar-refractivity contribution in [1.29, 1.82) is 0 Å². The summed E-state index contributed by atoms with van der Waals surface area (Å²) in [6, 6.07) is 7.20. The minimum atomic E-state index is -1.08. The van der Waals surface area contributed by atoms with Crippen LogP contribution in [0.15, 0.2) is 24.3 Å². The van der Waals surface area contributed by atoms with Gasteiger partial charge in [0.15, 0.2) is 12.2 Å². The van der Waals surface area contributed by atoms with Gasteiger partial charge in [-0.15, -0.1) is 0 Å². The first-order valence-corrected chi connectivity index (χ1v) is 8.60. The number of hydrogen-bond donors (Lipinski definition) is 1. The molecule has 3 atom stereocenters. The van der Waals surface area contributed by atoms with E-state index in [0.29, 0.717) is 18.0 Å². The van der Waals surface area contributed by atoms with E-state index >= 15 is 0 Å². The molecule has 0 aliphatic carbocycles. The highest BCUT2D eigenvalue weighted by Gasteiger charge is 2.34. The minimum Gasteiger partial charge on any atom is -0.479 e. The summed E-state index contributed by atoms with van der Waals surface area (Å²) in [4.78, 5) is 39.2. The van der Waals surface area contributed by atoms with Crippen molar-refractivity contribution in [3.63, 3.8) is 0 Å². The van der Waals surface area contributed by atoms with E-state index in [9.17, 15) is 14.4 Å². The molecule has 2 heterocycles. The lowest BCUT2D eigenvalue weighted by Crippen LogP contribution is -2.52. The lowest BCUT2D eigenvalue weighted by atomic mass is 10.1. The van der Waals surface area contributed by atoms with Crippen molar-refractivity contribution >= 4 is 23.5 Å². The Labute approximate surface area is 151 Å². The first kappa shape index (κ1) is 18.2. The average molecular weight is 362 g/mol. The van der Waals surface area contributed by atoms with Crippen LogP contribution in [0.4, 0.5) is 5.69 Å². The fourth-order valence-corrected chi connectivity index (χ4v) is 3.25. The Kier molecular flexibility index (Phi) is 5.13. The van der Waals surface area contributed by atoms with E-state index in [1.54, 1.807) is 36.9 Å². The van der Waals surface area contributed by atoms with Gasteiger partial charge < -0.3 is 24.4 Å². The molecule has 1 N–H and O–H groups in total. The van der Waals surface area contributed by atoms with Crippen molar-refractivity contribution in [2.45, 2.75) is 38.6 Å². The van der Waals surface area contributed by atoms with Crippen LogP contribution in [-0.4, -0.2) is 65.7 Å². The van der Waals surface area contributed by atoms with Crippen LogP contribution in [-0.2, 0) is 19.1 Å². The van der Waals surface area contributed by atoms with Gasteiger partial charge in [-0.1, -0.05) is 12.1 Å². The monoisotopic (exact) mass is 362 g/mol. The number of benzene rings is 1. The van der Waals surface area contributed by atoms with Crippen molar-refractivity contribution in [3.05, 3.63) is 24.3 Å². The molecule has 2 aliphatic heterocycles. The number of fused-ring (bicyclic) bond motifs is 1. The molecule has 0 saturated carbocycles. The SMILES string of the molecule is CC1Oc2ccccc2N(CCC(=O)N2CC(C(=O)O)O[C@H](C)C2)C1=O. The Bertz CT molecular complexity index is 721. The molecule has 26 heavy (non-hydrogen) atoms. The largest absolute Gasteiger partial charge is 0.479 e. The molecular weight excluding hydrogens is 340 g/mol. The zero-order chi connectivity index (χ0) is 18.8. The number of carboxylic acid groups (broad SMARTS) is 1. The number of rotatable bonds is 4. The third-order valence-electron chi connectivity index (χ3n) is 4.51. The number of carboxylic acids is 1. The maximum absolute atomic E-state index is 12.6. The number of hydrogen-bond acceptors (Lipinski definition) is 5. The van der Waals surface area contributed by atoms with Gasteiger partial charge in [0.25, 0.3) is 5.91 Å². The molecule has 1 aromatic carbocycles. The van der Waals surface area contributed by atoms with Crippen LogP contribution in [0.3, 0.4) is 0 Å². The van der Waals surface area contributed by atoms with Crippen LogP contribution in [0.5, 0.6) is 5.75 Å². The predicted octanol–water partition coefficient (Wildman–Crippen LogP) is 0.891. The molecule has 1 saturated heterocycles. The second-order valence-corrected chi connectivity index (χ2v) is 6.54. The summed E-state index contributed by atoms with van der Waals surface area (Å²) in [5.41, 5.74) is 0.641. The quantitative estimate of drug-likeness (QED) is 0.855. The Morgan fingerprint density at radius 1 is 1.23 bits per heavy atom. The number of ether oxygens (including phenoxy) is 2. The summed E-state index contributed by atoms with van der Waals surface area (Å²) in [5.74, 6) is -0.871. The Hall–Kier alpha value is -2.61. The predicted molar refractivity (Wildman–Crippen MR) is 92.1 cm³/mol. The number of carbonyl (C=O) groups excluding carboxylic acids is 2. The smallest absolute Gasteiger partial charge is 0.334 e. The third-order valence-corrected chi connectivity index (χ3v) is 4.51. The van der Waals surface area contributed by atoms with Crippen LogP contribution in [0.1, 0.15) is 20.3 Å². The molecule has 8 nitrogen and oxygen atoms in total. The van der Waals surface area contributed by atoms with E-state index in [4.69, 9.17) is 14.6 Å². The van der Waals surface area contributed by atoms with E-state index in [2.05, 4.69) is 0 Å². The van der Waals surface area contributed by atoms with Gasteiger partial charge in [-0.2, -0.15) is 0 Å². The maximum Gasteiger partial charge on any atom is 0.334 e. The van der Waals surface area contributed by atoms with Crippen molar-refractivity contribution in [2.75, 3.05) is 24.5 Å². The Morgan fingerprint density at radius 2 is 1.96 bits per heavy atom. The number of para-hydroxylation sites is 2. The summed E-state index contributed by atoms with van der Waals surface area (Å²) >= 11 is 0. The molecule has 8 heteroatoms. The topological polar surface area (TPSA) is 96.4 Å². The number of morpholine rings is 1. The molecule has 1 fully saturated rings. The van der Waals surface area contributed by atoms with Gasteiger partial charge in [-0.05, 0) is 26.0 Å². The summed E-state index contributed by atoms with van der Waals surface area (Å²) in [6.07, 6.45) is -1.88. The fourth-order valence-electron chi connectivity index (χ4n) is 3.25. The average Bonchev–Trinajstić information content (AvgIpc) is 2.61. The van der Waals surface area contributed by atoms with Crippen LogP contribution >= 0.6 is 0 Å². The molecule has 0 radical (unpaired) electrons. The Balaban J connectivity index is 1.67. The first-order chi connectivity index (χ1) is 12.4. The van der Waals surface area contributed by atoms with E-state index < -0.39 is 18.2 Å². The maximum atomic E-state index is 12.6. The fraction of sp³-hybridized carbons (Fsp3) is 0.500. The number of aliphatic carboxylic acids is 1. The summed E-state index contributed by atoms with van der Waals surface area (Å²) in [7, 11) is 0. The van der Waals surface area contributed by atoms with Gasteiger partial charge >= 0.3 is 5.97 Å². The molecule has 0 bridgehead atoms. The number of nitrogens with zero attached hydrogens (tertiary/aromatic N) is 2. The van der Waals surface area contributed by atoms with Gasteiger partial charge in [0, 0.05) is 19.5 Å². The highest BCUT2D eigenvalue weighted by atomic mass is 16.5. The van der Waals surface area contributed by atoms with Crippen molar-refractivity contribution in [3.8, 4) is 5.75 Å². The zero-order valence-electron chi connectivity index (χ0n) is 14.8. The van der Waals surface area contributed by atoms with E-state index in [1.807, 2.05) is 6.07 Å². The van der Waals surface area contributed by atoms with Crippen LogP contribution in [0.25, 0.3) is 0 Å². The van der Waals surface area contributed by atoms with Gasteiger partial charge in [0.05, 0.1) is 18.3 Å². The minimum absolute atomic E-state index is 0.0164. The van der Waals surface area contributed by atoms with Gasteiger partial charge in [-0.25, -0.2) is 4.79 Å². The highest BCUT2D eigenvalue weighted by Crippen LogP contribution is 2.33. The second-order valence-electron chi connectivity index (χ2n) is 6.54. The molecule has 2 amide bonds. The highest BCUT2D eigenvalue weighted by molar-refractivity contribution is 6.00. The molecule has 0 spiro atoms. The van der Waals surface area contributed by atoms with E-state index in [0.717, 1.165) is 0 Å². The number of anilines is 1. The van der Waals surface area contributed by atoms with Crippen LogP contribution in [0, 0.1) is 0 Å². The molecule has 140 valence electrons. The Morgan fingerprint density at radius 3 is 2.69 bits per heavy atom. The molecule has 3 rings (SSSR count). The summed E-state index contributed by atoms with van der Waals surface area (Å²) in [6.45, 7) is 3.98. The van der Waals surface area contributed by atoms with Gasteiger partial charge in [-0.3, -0.25) is 9.59 Å². The lowest BCUT2D eigenvalue weighted by molar-refractivity contribution is -0.166. The third kappa shape index (κ3) is 3.65. The van der Waals surface area contributed by atoms with Crippen molar-refractivity contribution < 1.29 is 29.0 Å². The zero-order valence-corrected chi connectivity index (χ0v) is 14.8. The molecule has 1 aromatic rings. The molecule has 2 aliphatic rings. The van der Waals surface area contributed by atoms with Crippen molar-refractivity contribution in [2.24, 2.45) is 0 Å². The summed E-state index contributed by atoms with van der Waals surface area (Å²) in [5, 5.41) is 9.13. The normalized spacial score (nSPS) is 25.5. The molecule has 2 unspecified atom stereocenters. The van der Waals surface area contributed by atoms with Crippen LogP contribution < -0.4 is 9.64 Å².